The van der Waals surface area contributed by atoms with Gasteiger partial charge in [0.1, 0.15) is 0 Å². The van der Waals surface area contributed by atoms with Crippen LogP contribution in [0, 0.1) is 17.3 Å². The second-order valence-corrected chi connectivity index (χ2v) is 8.37. The number of carbonyl (C=O) groups is 1. The molecule has 2 fully saturated rings. The highest BCUT2D eigenvalue weighted by Crippen LogP contribution is 2.62. The van der Waals surface area contributed by atoms with E-state index in [0.29, 0.717) is 11.2 Å². The average Bonchev–Trinajstić information content (AvgIpc) is 2.89. The van der Waals surface area contributed by atoms with Gasteiger partial charge in [-0.25, -0.2) is 0 Å². The highest BCUT2D eigenvalue weighted by atomic mass is 16.1. The molecule has 0 heterocycles. The smallest absolute Gasteiger partial charge is 0.156 e. The van der Waals surface area contributed by atoms with Crippen LogP contribution in [0.2, 0.25) is 0 Å². The minimum atomic E-state index is 0.356. The molecule has 0 aromatic carbocycles. The largest absolute Gasteiger partial charge is 0.295 e. The molecule has 2 saturated carbocycles. The van der Waals surface area contributed by atoms with Gasteiger partial charge in [-0.15, -0.1) is 0 Å². The summed E-state index contributed by atoms with van der Waals surface area (Å²) >= 11 is 0. The maximum Gasteiger partial charge on any atom is 0.156 e. The predicted octanol–water partition coefficient (Wildman–Crippen LogP) is 5.92. The molecule has 0 amide bonds. The lowest BCUT2D eigenvalue weighted by Crippen LogP contribution is -2.37. The fraction of sp³-hybridized carbons (Fsp3) is 0.682. The Hall–Kier alpha value is -1.11. The third-order valence-corrected chi connectivity index (χ3v) is 7.26. The average molecular weight is 310 g/mol. The maximum atomic E-state index is 11.7. The number of allylic oxidation sites excluding steroid dienone is 6. The van der Waals surface area contributed by atoms with Crippen LogP contribution in [0.3, 0.4) is 0 Å². The second kappa shape index (κ2) is 5.76. The van der Waals surface area contributed by atoms with Crippen LogP contribution in [-0.4, -0.2) is 5.78 Å². The standard InChI is InChI=1S/C22H30O/c1-3-4-5-16-7-11-21-20-9-6-15-14-17(23)8-10-18(15)19(20)12-13-22(16,21)2/h5,14,20-21H,3-4,6-13H2,1-2H3/b16-5-/t20-,21+,22-/m1/s1. The molecule has 4 rings (SSSR count). The van der Waals surface area contributed by atoms with Crippen molar-refractivity contribution in [3.8, 4) is 0 Å². The van der Waals surface area contributed by atoms with E-state index in [1.165, 1.54) is 50.5 Å². The van der Waals surface area contributed by atoms with Crippen LogP contribution in [0.25, 0.3) is 0 Å². The number of rotatable bonds is 2. The zero-order valence-electron chi connectivity index (χ0n) is 14.8. The summed E-state index contributed by atoms with van der Waals surface area (Å²) in [5.41, 5.74) is 7.00. The Balaban J connectivity index is 1.67. The topological polar surface area (TPSA) is 17.1 Å². The minimum Gasteiger partial charge on any atom is -0.295 e. The van der Waals surface area contributed by atoms with E-state index in [4.69, 9.17) is 0 Å². The number of carbonyl (C=O) groups excluding carboxylic acids is 1. The molecule has 124 valence electrons. The van der Waals surface area contributed by atoms with Gasteiger partial charge in [-0.2, -0.15) is 0 Å². The molecule has 0 radical (unpaired) electrons. The lowest BCUT2D eigenvalue weighted by Gasteiger charge is -2.47. The van der Waals surface area contributed by atoms with Crippen LogP contribution in [0.1, 0.15) is 78.1 Å². The van der Waals surface area contributed by atoms with Gasteiger partial charge in [0.05, 0.1) is 0 Å². The SMILES string of the molecule is CCC/C=C1/CC[C@H]2[C@@H]3CCC4=CC(=O)CCC4=C3CC[C@]12C. The Kier molecular flexibility index (Phi) is 3.86. The van der Waals surface area contributed by atoms with E-state index >= 15 is 0 Å². The Bertz CT molecular complexity index is 618. The summed E-state index contributed by atoms with van der Waals surface area (Å²) in [4.78, 5) is 11.7. The minimum absolute atomic E-state index is 0.356. The van der Waals surface area contributed by atoms with Crippen LogP contribution in [0.4, 0.5) is 0 Å². The Morgan fingerprint density at radius 1 is 1.17 bits per heavy atom. The summed E-state index contributed by atoms with van der Waals surface area (Å²) in [5, 5.41) is 0. The first-order chi connectivity index (χ1) is 11.1. The van der Waals surface area contributed by atoms with Crippen LogP contribution in [-0.2, 0) is 4.79 Å². The van der Waals surface area contributed by atoms with Crippen LogP contribution in [0.15, 0.2) is 34.4 Å². The highest BCUT2D eigenvalue weighted by Gasteiger charge is 2.50. The monoisotopic (exact) mass is 310 g/mol. The van der Waals surface area contributed by atoms with E-state index in [1.807, 2.05) is 6.08 Å². The van der Waals surface area contributed by atoms with E-state index in [9.17, 15) is 4.79 Å². The molecular formula is C22H30O. The normalized spacial score (nSPS) is 38.3. The molecule has 0 aliphatic heterocycles. The van der Waals surface area contributed by atoms with E-state index in [0.717, 1.165) is 31.1 Å². The van der Waals surface area contributed by atoms with Gasteiger partial charge in [0.25, 0.3) is 0 Å². The van der Waals surface area contributed by atoms with E-state index in [-0.39, 0.29) is 0 Å². The molecule has 0 saturated heterocycles. The van der Waals surface area contributed by atoms with Gasteiger partial charge in [0.15, 0.2) is 5.78 Å². The molecule has 0 bridgehead atoms. The summed E-state index contributed by atoms with van der Waals surface area (Å²) < 4.78 is 0. The Morgan fingerprint density at radius 3 is 2.87 bits per heavy atom. The molecule has 0 aromatic rings. The predicted molar refractivity (Wildman–Crippen MR) is 95.1 cm³/mol. The van der Waals surface area contributed by atoms with Gasteiger partial charge in [0, 0.05) is 6.42 Å². The van der Waals surface area contributed by atoms with E-state index in [1.54, 1.807) is 16.7 Å². The van der Waals surface area contributed by atoms with Crippen molar-refractivity contribution in [3.63, 3.8) is 0 Å². The maximum absolute atomic E-state index is 11.7. The first-order valence-electron chi connectivity index (χ1n) is 9.78. The van der Waals surface area contributed by atoms with Gasteiger partial charge >= 0.3 is 0 Å². The molecule has 0 aromatic heterocycles. The molecular weight excluding hydrogens is 280 g/mol. The molecule has 1 nitrogen and oxygen atoms in total. The summed E-state index contributed by atoms with van der Waals surface area (Å²) in [6, 6.07) is 0. The zero-order valence-corrected chi connectivity index (χ0v) is 14.8. The van der Waals surface area contributed by atoms with Crippen molar-refractivity contribution in [1.82, 2.24) is 0 Å². The molecule has 4 aliphatic rings. The van der Waals surface area contributed by atoms with Crippen molar-refractivity contribution in [1.29, 1.82) is 0 Å². The van der Waals surface area contributed by atoms with Crippen molar-refractivity contribution in [3.05, 3.63) is 34.4 Å². The van der Waals surface area contributed by atoms with Gasteiger partial charge < -0.3 is 0 Å². The number of ketones is 1. The molecule has 1 heteroatoms. The molecule has 23 heavy (non-hydrogen) atoms. The Morgan fingerprint density at radius 2 is 2.04 bits per heavy atom. The first kappa shape index (κ1) is 15.4. The van der Waals surface area contributed by atoms with Gasteiger partial charge in [-0.1, -0.05) is 37.5 Å². The Labute approximate surface area is 140 Å². The van der Waals surface area contributed by atoms with Crippen molar-refractivity contribution >= 4 is 5.78 Å². The van der Waals surface area contributed by atoms with E-state index in [2.05, 4.69) is 19.9 Å². The number of hydrogen-bond acceptors (Lipinski definition) is 1. The summed E-state index contributed by atoms with van der Waals surface area (Å²) in [7, 11) is 0. The van der Waals surface area contributed by atoms with Crippen LogP contribution < -0.4 is 0 Å². The third-order valence-electron chi connectivity index (χ3n) is 7.26. The highest BCUT2D eigenvalue weighted by molar-refractivity contribution is 5.93. The summed E-state index contributed by atoms with van der Waals surface area (Å²) in [6.07, 6.45) is 16.6. The number of fused-ring (bicyclic) bond motifs is 4. The number of unbranched alkanes of at least 4 members (excludes halogenated alkanes) is 1. The van der Waals surface area contributed by atoms with E-state index < -0.39 is 0 Å². The zero-order chi connectivity index (χ0) is 16.0. The lowest BCUT2D eigenvalue weighted by atomic mass is 9.57. The van der Waals surface area contributed by atoms with Gasteiger partial charge in [-0.05, 0) is 85.8 Å². The van der Waals surface area contributed by atoms with Crippen molar-refractivity contribution in [2.45, 2.75) is 78.1 Å². The summed E-state index contributed by atoms with van der Waals surface area (Å²) in [6.45, 7) is 4.85. The quantitative estimate of drug-likeness (QED) is 0.579. The van der Waals surface area contributed by atoms with Crippen molar-refractivity contribution < 1.29 is 4.79 Å². The lowest BCUT2D eigenvalue weighted by molar-refractivity contribution is -0.114. The third kappa shape index (κ3) is 2.39. The van der Waals surface area contributed by atoms with Gasteiger partial charge in [-0.3, -0.25) is 4.79 Å². The molecule has 4 aliphatic carbocycles. The number of hydrogen-bond donors (Lipinski definition) is 0. The molecule has 0 unspecified atom stereocenters. The van der Waals surface area contributed by atoms with Crippen LogP contribution in [0.5, 0.6) is 0 Å². The van der Waals surface area contributed by atoms with Gasteiger partial charge in [0.2, 0.25) is 0 Å². The van der Waals surface area contributed by atoms with Crippen molar-refractivity contribution in [2.75, 3.05) is 0 Å². The first-order valence-corrected chi connectivity index (χ1v) is 9.78. The fourth-order valence-corrected chi connectivity index (χ4v) is 6.03. The fourth-order valence-electron chi connectivity index (χ4n) is 6.03. The molecule has 0 N–H and O–H groups in total. The molecule has 3 atom stereocenters. The summed E-state index contributed by atoms with van der Waals surface area (Å²) in [5.74, 6) is 2.02. The van der Waals surface area contributed by atoms with Crippen LogP contribution >= 0.6 is 0 Å². The van der Waals surface area contributed by atoms with Crippen molar-refractivity contribution in [2.24, 2.45) is 17.3 Å². The molecule has 0 spiro atoms. The second-order valence-electron chi connectivity index (χ2n) is 8.37.